The molecule has 0 rings (SSSR count). The first kappa shape index (κ1) is 31.0. The van der Waals surface area contributed by atoms with Crippen LogP contribution in [0.4, 0.5) is 0 Å². The Hall–Kier alpha value is -0.980. The summed E-state index contributed by atoms with van der Waals surface area (Å²) in [5.74, 6) is -0.404. The second-order valence-corrected chi connectivity index (χ2v) is 9.26. The minimum atomic E-state index is -4.24. The number of hydrogen-bond acceptors (Lipinski definition) is 7. The average Bonchev–Trinajstić information content (AvgIpc) is 2.77. The molecule has 0 bridgehead atoms. The summed E-state index contributed by atoms with van der Waals surface area (Å²) in [6.45, 7) is 1.39. The van der Waals surface area contributed by atoms with Crippen LogP contribution in [0.5, 0.6) is 0 Å². The predicted octanol–water partition coefficient (Wildman–Crippen LogP) is 4.79. The van der Waals surface area contributed by atoms with Gasteiger partial charge in [0.05, 0.1) is 13.2 Å². The van der Waals surface area contributed by atoms with Crippen molar-refractivity contribution < 1.29 is 33.1 Å². The Bertz CT molecular complexity index is 565. The van der Waals surface area contributed by atoms with Crippen LogP contribution in [0, 0.1) is 0 Å². The quantitative estimate of drug-likeness (QED) is 0.0879. The Morgan fingerprint density at radius 3 is 2.19 bits per heavy atom. The topological polar surface area (TPSA) is 128 Å². The van der Waals surface area contributed by atoms with Gasteiger partial charge in [-0.25, -0.2) is 4.57 Å². The van der Waals surface area contributed by atoms with Gasteiger partial charge in [0.1, 0.15) is 12.7 Å². The number of carbonyl (C=O) groups excluding carboxylic acids is 1. The summed E-state index contributed by atoms with van der Waals surface area (Å²) < 4.78 is 25.5. The van der Waals surface area contributed by atoms with E-state index in [0.29, 0.717) is 0 Å². The number of esters is 1. The molecule has 0 saturated heterocycles. The van der Waals surface area contributed by atoms with Crippen LogP contribution in [-0.4, -0.2) is 48.4 Å². The Labute approximate surface area is 193 Å². The first-order chi connectivity index (χ1) is 15.4. The van der Waals surface area contributed by atoms with E-state index in [2.05, 4.69) is 33.9 Å². The van der Waals surface area contributed by atoms with E-state index >= 15 is 0 Å². The summed E-state index contributed by atoms with van der Waals surface area (Å²) in [7, 11) is -4.24. The number of hydrogen-bond donors (Lipinski definition) is 3. The molecule has 0 radical (unpaired) electrons. The van der Waals surface area contributed by atoms with Crippen LogP contribution in [0.1, 0.15) is 90.4 Å². The number of carbonyl (C=O) groups is 1. The van der Waals surface area contributed by atoms with Crippen molar-refractivity contribution in [2.24, 2.45) is 5.73 Å². The molecule has 32 heavy (non-hydrogen) atoms. The molecule has 8 nitrogen and oxygen atoms in total. The second kappa shape index (κ2) is 21.8. The zero-order valence-electron chi connectivity index (χ0n) is 19.7. The number of nitrogens with two attached hydrogens (primary N) is 1. The molecule has 0 aromatic carbocycles. The zero-order valence-corrected chi connectivity index (χ0v) is 20.6. The predicted molar refractivity (Wildman–Crippen MR) is 126 cm³/mol. The van der Waals surface area contributed by atoms with Crippen molar-refractivity contribution in [2.45, 2.75) is 96.5 Å². The first-order valence-corrected chi connectivity index (χ1v) is 13.5. The molecule has 0 spiro atoms. The Kier molecular flexibility index (Phi) is 21.2. The van der Waals surface area contributed by atoms with Gasteiger partial charge in [0.2, 0.25) is 0 Å². The number of ether oxygens (including phenoxy) is 1. The van der Waals surface area contributed by atoms with Crippen LogP contribution in [0.2, 0.25) is 0 Å². The lowest BCUT2D eigenvalue weighted by atomic mass is 10.1. The molecule has 2 unspecified atom stereocenters. The number of allylic oxidation sites excluding steroid dienone is 1. The standard InChI is InChI=1S/C23H44NO7P/c1-2-3-4-5-6-7-8-9-10-11-12-13-14-15-16-17-23(26)29-20-22(25)21-31-32(27,28)30-19-18-24/h8,10,22,25H,2-7,11-21,24H2,1H3,(H,27,28). The molecule has 2 atom stereocenters. The van der Waals surface area contributed by atoms with Crippen LogP contribution in [0.3, 0.4) is 0 Å². The molecule has 0 aliphatic rings. The summed E-state index contributed by atoms with van der Waals surface area (Å²) in [5.41, 5.74) is 8.42. The molecule has 0 aromatic heterocycles. The van der Waals surface area contributed by atoms with Crippen LogP contribution >= 0.6 is 7.82 Å². The average molecular weight is 478 g/mol. The summed E-state index contributed by atoms with van der Waals surface area (Å²) in [5, 5.41) is 9.67. The fourth-order valence-electron chi connectivity index (χ4n) is 2.84. The minimum Gasteiger partial charge on any atom is -0.463 e. The fraction of sp³-hybridized carbons (Fsp3) is 0.826. The number of rotatable bonds is 22. The molecule has 0 fully saturated rings. The minimum absolute atomic E-state index is 0.0712. The third-order valence-electron chi connectivity index (χ3n) is 4.66. The Morgan fingerprint density at radius 1 is 0.969 bits per heavy atom. The summed E-state index contributed by atoms with van der Waals surface area (Å²) in [6, 6.07) is 0. The SMILES string of the molecule is CCCCCCCC=C=CCCCCCCCC(=O)OCC(O)COP(=O)(O)OCCN. The van der Waals surface area contributed by atoms with E-state index < -0.39 is 26.5 Å². The maximum atomic E-state index is 11.7. The van der Waals surface area contributed by atoms with Crippen LogP contribution in [-0.2, 0) is 23.1 Å². The van der Waals surface area contributed by atoms with Crippen LogP contribution < -0.4 is 5.73 Å². The molecule has 0 amide bonds. The Balaban J connectivity index is 3.56. The highest BCUT2D eigenvalue weighted by Crippen LogP contribution is 2.42. The third-order valence-corrected chi connectivity index (χ3v) is 5.64. The van der Waals surface area contributed by atoms with Crippen molar-refractivity contribution in [3.05, 3.63) is 17.9 Å². The normalized spacial score (nSPS) is 13.8. The van der Waals surface area contributed by atoms with Crippen molar-refractivity contribution >= 4 is 13.8 Å². The number of aliphatic hydroxyl groups is 1. The summed E-state index contributed by atoms with van der Waals surface area (Å²) in [6.07, 6.45) is 17.0. The van der Waals surface area contributed by atoms with E-state index in [1.807, 2.05) is 0 Å². The monoisotopic (exact) mass is 477 g/mol. The van der Waals surface area contributed by atoms with Gasteiger partial charge >= 0.3 is 13.8 Å². The Morgan fingerprint density at radius 2 is 1.56 bits per heavy atom. The first-order valence-electron chi connectivity index (χ1n) is 12.0. The molecular formula is C23H44NO7P. The number of phosphoric acid groups is 1. The highest BCUT2D eigenvalue weighted by Gasteiger charge is 2.22. The molecule has 4 N–H and O–H groups in total. The molecule has 0 aromatic rings. The van der Waals surface area contributed by atoms with Gasteiger partial charge in [-0.1, -0.05) is 51.9 Å². The second-order valence-electron chi connectivity index (χ2n) is 7.81. The number of unbranched alkanes of at least 4 members (excludes halogenated alkanes) is 10. The van der Waals surface area contributed by atoms with Crippen LogP contribution in [0.15, 0.2) is 17.9 Å². The van der Waals surface area contributed by atoms with E-state index in [1.54, 1.807) is 0 Å². The fourth-order valence-corrected chi connectivity index (χ4v) is 3.61. The highest BCUT2D eigenvalue weighted by atomic mass is 31.2. The van der Waals surface area contributed by atoms with E-state index in [1.165, 1.54) is 32.1 Å². The van der Waals surface area contributed by atoms with Gasteiger partial charge in [-0.3, -0.25) is 13.8 Å². The molecule has 0 saturated carbocycles. The zero-order chi connectivity index (χ0) is 23.9. The van der Waals surface area contributed by atoms with E-state index in [9.17, 15) is 19.4 Å². The van der Waals surface area contributed by atoms with Crippen molar-refractivity contribution in [3.8, 4) is 0 Å². The molecule has 0 aliphatic heterocycles. The van der Waals surface area contributed by atoms with Crippen molar-refractivity contribution in [3.63, 3.8) is 0 Å². The van der Waals surface area contributed by atoms with Crippen LogP contribution in [0.25, 0.3) is 0 Å². The van der Waals surface area contributed by atoms with E-state index in [-0.39, 0.29) is 26.2 Å². The summed E-state index contributed by atoms with van der Waals surface area (Å²) in [4.78, 5) is 21.0. The maximum Gasteiger partial charge on any atom is 0.472 e. The van der Waals surface area contributed by atoms with Crippen molar-refractivity contribution in [2.75, 3.05) is 26.4 Å². The van der Waals surface area contributed by atoms with Gasteiger partial charge in [0.25, 0.3) is 0 Å². The van der Waals surface area contributed by atoms with Gasteiger partial charge in [-0.15, -0.1) is 5.73 Å². The van der Waals surface area contributed by atoms with Crippen molar-refractivity contribution in [1.82, 2.24) is 0 Å². The number of phosphoric ester groups is 1. The highest BCUT2D eigenvalue weighted by molar-refractivity contribution is 7.47. The molecule has 9 heteroatoms. The van der Waals surface area contributed by atoms with Gasteiger partial charge in [-0.05, 0) is 44.3 Å². The maximum absolute atomic E-state index is 11.7. The molecule has 0 aliphatic carbocycles. The summed E-state index contributed by atoms with van der Waals surface area (Å²) >= 11 is 0. The third kappa shape index (κ3) is 22.2. The van der Waals surface area contributed by atoms with Gasteiger partial charge in [0.15, 0.2) is 0 Å². The van der Waals surface area contributed by atoms with Gasteiger partial charge in [0, 0.05) is 13.0 Å². The van der Waals surface area contributed by atoms with Gasteiger partial charge < -0.3 is 20.5 Å². The lowest BCUT2D eigenvalue weighted by molar-refractivity contribution is -0.147. The molecular weight excluding hydrogens is 433 g/mol. The van der Waals surface area contributed by atoms with Crippen molar-refractivity contribution in [1.29, 1.82) is 0 Å². The van der Waals surface area contributed by atoms with E-state index in [0.717, 1.165) is 44.9 Å². The molecule has 188 valence electrons. The smallest absolute Gasteiger partial charge is 0.463 e. The van der Waals surface area contributed by atoms with Gasteiger partial charge in [-0.2, -0.15) is 0 Å². The lowest BCUT2D eigenvalue weighted by Gasteiger charge is -2.15. The lowest BCUT2D eigenvalue weighted by Crippen LogP contribution is -2.23. The molecule has 0 heterocycles. The van der Waals surface area contributed by atoms with E-state index in [4.69, 9.17) is 10.5 Å². The largest absolute Gasteiger partial charge is 0.472 e. The number of aliphatic hydroxyl groups excluding tert-OH is 1.